The zero-order valence-corrected chi connectivity index (χ0v) is 9.40. The highest BCUT2D eigenvalue weighted by Gasteiger charge is 2.08. The summed E-state index contributed by atoms with van der Waals surface area (Å²) in [6.45, 7) is 0. The van der Waals surface area contributed by atoms with Crippen LogP contribution in [0.2, 0.25) is 5.02 Å². The highest BCUT2D eigenvalue weighted by molar-refractivity contribution is 6.32. The zero-order chi connectivity index (χ0) is 11.5. The third-order valence-electron chi connectivity index (χ3n) is 2.17. The van der Waals surface area contributed by atoms with Gasteiger partial charge in [-0.1, -0.05) is 23.7 Å². The lowest BCUT2D eigenvalue weighted by Crippen LogP contribution is -2.16. The molecule has 2 rings (SSSR count). The van der Waals surface area contributed by atoms with E-state index < -0.39 is 0 Å². The average Bonchev–Trinajstić information content (AvgIpc) is 2.78. The molecule has 0 spiro atoms. The molecule has 2 aromatic rings. The molecule has 0 bridgehead atoms. The van der Waals surface area contributed by atoms with Crippen LogP contribution in [0.4, 0.5) is 0 Å². The fourth-order valence-electron chi connectivity index (χ4n) is 1.35. The third-order valence-corrected chi connectivity index (χ3v) is 2.49. The van der Waals surface area contributed by atoms with Crippen LogP contribution in [-0.4, -0.2) is 22.7 Å². The summed E-state index contributed by atoms with van der Waals surface area (Å²) in [5.74, 6) is -0.168. The minimum atomic E-state index is -0.168. The van der Waals surface area contributed by atoms with E-state index in [-0.39, 0.29) is 5.91 Å². The number of rotatable bonds is 2. The molecule has 1 N–H and O–H groups in total. The third kappa shape index (κ3) is 1.92. The van der Waals surface area contributed by atoms with Gasteiger partial charge in [-0.05, 0) is 12.1 Å². The van der Waals surface area contributed by atoms with Gasteiger partial charge >= 0.3 is 0 Å². The Balaban J connectivity index is 2.39. The predicted octanol–water partition coefficient (Wildman–Crippen LogP) is 1.89. The first-order valence-corrected chi connectivity index (χ1v) is 5.12. The maximum absolute atomic E-state index is 11.3. The molecular formula is C11H10ClN3O. The first-order chi connectivity index (χ1) is 7.72. The van der Waals surface area contributed by atoms with E-state index in [4.69, 9.17) is 11.6 Å². The first-order valence-electron chi connectivity index (χ1n) is 4.74. The molecule has 1 heterocycles. The van der Waals surface area contributed by atoms with Crippen LogP contribution < -0.4 is 5.32 Å². The highest BCUT2D eigenvalue weighted by Crippen LogP contribution is 2.19. The van der Waals surface area contributed by atoms with Crippen molar-refractivity contribution in [3.05, 3.63) is 47.2 Å². The molecule has 82 valence electrons. The van der Waals surface area contributed by atoms with Crippen LogP contribution >= 0.6 is 11.6 Å². The number of para-hydroxylation sites is 1. The summed E-state index contributed by atoms with van der Waals surface area (Å²) < 4.78 is 1.58. The van der Waals surface area contributed by atoms with E-state index >= 15 is 0 Å². The van der Waals surface area contributed by atoms with Crippen molar-refractivity contribution in [2.45, 2.75) is 0 Å². The number of halogens is 1. The summed E-state index contributed by atoms with van der Waals surface area (Å²) >= 11 is 6.02. The predicted molar refractivity (Wildman–Crippen MR) is 62.0 cm³/mol. The van der Waals surface area contributed by atoms with Gasteiger partial charge < -0.3 is 5.32 Å². The van der Waals surface area contributed by atoms with Crippen molar-refractivity contribution in [2.75, 3.05) is 7.05 Å². The minimum absolute atomic E-state index is 0.168. The number of hydrogen-bond acceptors (Lipinski definition) is 2. The normalized spacial score (nSPS) is 10.1. The molecule has 0 aliphatic carbocycles. The van der Waals surface area contributed by atoms with Crippen molar-refractivity contribution >= 4 is 17.5 Å². The average molecular weight is 236 g/mol. The Morgan fingerprint density at radius 2 is 2.19 bits per heavy atom. The van der Waals surface area contributed by atoms with Gasteiger partial charge in [0.15, 0.2) is 0 Å². The zero-order valence-electron chi connectivity index (χ0n) is 8.64. The number of benzene rings is 1. The van der Waals surface area contributed by atoms with E-state index in [1.165, 1.54) is 6.20 Å². The Morgan fingerprint density at radius 3 is 2.88 bits per heavy atom. The Labute approximate surface area is 97.8 Å². The first kappa shape index (κ1) is 10.7. The summed E-state index contributed by atoms with van der Waals surface area (Å²) in [6, 6.07) is 7.32. The SMILES string of the molecule is CNC(=O)c1cnn(-c2ccccc2Cl)c1. The highest BCUT2D eigenvalue weighted by atomic mass is 35.5. The van der Waals surface area contributed by atoms with E-state index in [0.717, 1.165) is 5.69 Å². The van der Waals surface area contributed by atoms with Gasteiger partial charge in [0.05, 0.1) is 22.5 Å². The second kappa shape index (κ2) is 4.37. The molecule has 0 unspecified atom stereocenters. The molecule has 5 heteroatoms. The Hall–Kier alpha value is -1.81. The molecule has 16 heavy (non-hydrogen) atoms. The van der Waals surface area contributed by atoms with Gasteiger partial charge in [0.25, 0.3) is 5.91 Å². The van der Waals surface area contributed by atoms with Crippen LogP contribution in [0.25, 0.3) is 5.69 Å². The minimum Gasteiger partial charge on any atom is -0.355 e. The molecule has 0 atom stereocenters. The lowest BCUT2D eigenvalue weighted by Gasteiger charge is -2.02. The van der Waals surface area contributed by atoms with Crippen molar-refractivity contribution < 1.29 is 4.79 Å². The van der Waals surface area contributed by atoms with Gasteiger partial charge in [0.1, 0.15) is 0 Å². The number of nitrogens with zero attached hydrogens (tertiary/aromatic N) is 2. The fourth-order valence-corrected chi connectivity index (χ4v) is 1.58. The van der Waals surface area contributed by atoms with Gasteiger partial charge in [-0.25, -0.2) is 4.68 Å². The van der Waals surface area contributed by atoms with E-state index in [0.29, 0.717) is 10.6 Å². The van der Waals surface area contributed by atoms with Crippen molar-refractivity contribution in [3.63, 3.8) is 0 Å². The van der Waals surface area contributed by atoms with Crippen LogP contribution in [0.3, 0.4) is 0 Å². The standard InChI is InChI=1S/C11H10ClN3O/c1-13-11(16)8-6-14-15(7-8)10-5-3-2-4-9(10)12/h2-7H,1H3,(H,13,16). The second-order valence-corrected chi connectivity index (χ2v) is 3.61. The summed E-state index contributed by atoms with van der Waals surface area (Å²) in [5.41, 5.74) is 1.25. The lowest BCUT2D eigenvalue weighted by molar-refractivity contribution is 0.0963. The molecule has 0 aliphatic heterocycles. The Morgan fingerprint density at radius 1 is 1.44 bits per heavy atom. The maximum atomic E-state index is 11.3. The maximum Gasteiger partial charge on any atom is 0.254 e. The smallest absolute Gasteiger partial charge is 0.254 e. The summed E-state index contributed by atoms with van der Waals surface area (Å²) in [5, 5.41) is 7.21. The van der Waals surface area contributed by atoms with Crippen LogP contribution in [0, 0.1) is 0 Å². The number of carbonyl (C=O) groups excluding carboxylic acids is 1. The van der Waals surface area contributed by atoms with Gasteiger partial charge in [-0.15, -0.1) is 0 Å². The molecule has 0 fully saturated rings. The number of hydrogen-bond donors (Lipinski definition) is 1. The van der Waals surface area contributed by atoms with Crippen LogP contribution in [0.5, 0.6) is 0 Å². The van der Waals surface area contributed by atoms with Gasteiger partial charge in [0.2, 0.25) is 0 Å². The summed E-state index contributed by atoms with van der Waals surface area (Å²) in [7, 11) is 1.58. The molecule has 1 aromatic carbocycles. The van der Waals surface area contributed by atoms with E-state index in [9.17, 15) is 4.79 Å². The van der Waals surface area contributed by atoms with Crippen molar-refractivity contribution in [2.24, 2.45) is 0 Å². The van der Waals surface area contributed by atoms with Gasteiger partial charge in [-0.3, -0.25) is 4.79 Å². The topological polar surface area (TPSA) is 46.9 Å². The Kier molecular flexibility index (Phi) is 2.92. The van der Waals surface area contributed by atoms with E-state index in [2.05, 4.69) is 10.4 Å². The van der Waals surface area contributed by atoms with Crippen molar-refractivity contribution in [1.82, 2.24) is 15.1 Å². The van der Waals surface area contributed by atoms with E-state index in [1.807, 2.05) is 18.2 Å². The molecule has 4 nitrogen and oxygen atoms in total. The molecule has 0 radical (unpaired) electrons. The quantitative estimate of drug-likeness (QED) is 0.864. The monoisotopic (exact) mass is 235 g/mol. The molecule has 1 amide bonds. The molecule has 0 aliphatic rings. The summed E-state index contributed by atoms with van der Waals surface area (Å²) in [4.78, 5) is 11.3. The van der Waals surface area contributed by atoms with Crippen LogP contribution in [0.1, 0.15) is 10.4 Å². The van der Waals surface area contributed by atoms with Crippen LogP contribution in [-0.2, 0) is 0 Å². The van der Waals surface area contributed by atoms with Crippen molar-refractivity contribution in [3.8, 4) is 5.69 Å². The molecule has 0 saturated carbocycles. The number of amides is 1. The van der Waals surface area contributed by atoms with Gasteiger partial charge in [-0.2, -0.15) is 5.10 Å². The lowest BCUT2D eigenvalue weighted by atomic mass is 10.3. The molecular weight excluding hydrogens is 226 g/mol. The van der Waals surface area contributed by atoms with Gasteiger partial charge in [0, 0.05) is 13.2 Å². The van der Waals surface area contributed by atoms with Crippen molar-refractivity contribution in [1.29, 1.82) is 0 Å². The fraction of sp³-hybridized carbons (Fsp3) is 0.0909. The largest absolute Gasteiger partial charge is 0.355 e. The Bertz CT molecular complexity index is 521. The van der Waals surface area contributed by atoms with Crippen LogP contribution in [0.15, 0.2) is 36.7 Å². The molecule has 1 aromatic heterocycles. The number of carbonyl (C=O) groups is 1. The summed E-state index contributed by atoms with van der Waals surface area (Å²) in [6.07, 6.45) is 3.14. The van der Waals surface area contributed by atoms with E-state index in [1.54, 1.807) is 24.0 Å². The second-order valence-electron chi connectivity index (χ2n) is 3.20. The number of aromatic nitrogens is 2. The number of nitrogens with one attached hydrogen (secondary N) is 1. The molecule has 0 saturated heterocycles.